The highest BCUT2D eigenvalue weighted by Gasteiger charge is 2.34. The molecule has 0 saturated heterocycles. The predicted octanol–water partition coefficient (Wildman–Crippen LogP) is 4.78. The second kappa shape index (κ2) is 8.42. The molecule has 0 aliphatic carbocycles. The zero-order valence-corrected chi connectivity index (χ0v) is 18.3. The fourth-order valence-electron chi connectivity index (χ4n) is 3.96. The number of nitrogens with one attached hydrogen (secondary N) is 1. The number of carbonyl (C=O) groups excluding carboxylic acids is 2. The molecule has 2 heterocycles. The van der Waals surface area contributed by atoms with Gasteiger partial charge in [-0.2, -0.15) is 13.2 Å². The van der Waals surface area contributed by atoms with Crippen molar-refractivity contribution in [1.82, 2.24) is 9.88 Å². The van der Waals surface area contributed by atoms with Crippen molar-refractivity contribution in [2.75, 3.05) is 5.73 Å². The number of benzene rings is 3. The summed E-state index contributed by atoms with van der Waals surface area (Å²) in [6.45, 7) is 0. The van der Waals surface area contributed by atoms with Gasteiger partial charge in [0, 0.05) is 6.07 Å². The first-order valence-corrected chi connectivity index (χ1v) is 10.6. The van der Waals surface area contributed by atoms with E-state index in [0.29, 0.717) is 6.07 Å². The fourth-order valence-corrected chi connectivity index (χ4v) is 3.96. The maximum Gasteiger partial charge on any atom is 0.416 e. The largest absolute Gasteiger partial charge is 0.455 e. The van der Waals surface area contributed by atoms with Crippen LogP contribution >= 0.6 is 0 Å². The zero-order valence-electron chi connectivity index (χ0n) is 18.3. The summed E-state index contributed by atoms with van der Waals surface area (Å²) in [6, 6.07) is 19.8. The molecule has 2 amide bonds. The number of alkyl halides is 3. The maximum absolute atomic E-state index is 13.5. The highest BCUT2D eigenvalue weighted by atomic mass is 19.4. The van der Waals surface area contributed by atoms with Gasteiger partial charge in [0.1, 0.15) is 11.6 Å². The normalized spacial score (nSPS) is 12.9. The average Bonchev–Trinajstić information content (AvgIpc) is 3.13. The predicted molar refractivity (Wildman–Crippen MR) is 125 cm³/mol. The van der Waals surface area contributed by atoms with E-state index in [2.05, 4.69) is 0 Å². The third-order valence-electron chi connectivity index (χ3n) is 5.67. The minimum absolute atomic E-state index is 0.117. The third kappa shape index (κ3) is 3.98. The van der Waals surface area contributed by atoms with Crippen LogP contribution in [0, 0.1) is 0 Å². The molecule has 0 saturated carbocycles. The van der Waals surface area contributed by atoms with Crippen LogP contribution in [0.25, 0.3) is 16.8 Å². The van der Waals surface area contributed by atoms with Crippen LogP contribution in [-0.4, -0.2) is 16.4 Å². The van der Waals surface area contributed by atoms with E-state index in [1.165, 1.54) is 0 Å². The number of nitrogens with zero attached hydrogens (tertiary/aromatic N) is 1. The van der Waals surface area contributed by atoms with Crippen LogP contribution in [-0.2, 0) is 6.18 Å². The minimum atomic E-state index is -4.73. The Bertz CT molecular complexity index is 1580. The van der Waals surface area contributed by atoms with Crippen molar-refractivity contribution in [2.45, 2.75) is 6.18 Å². The monoisotopic (exact) mass is 491 g/mol. The van der Waals surface area contributed by atoms with Crippen molar-refractivity contribution in [3.8, 4) is 28.3 Å². The molecule has 1 aliphatic heterocycles. The third-order valence-corrected chi connectivity index (χ3v) is 5.67. The molecule has 0 bridgehead atoms. The van der Waals surface area contributed by atoms with Crippen molar-refractivity contribution >= 4 is 17.6 Å². The molecule has 4 aromatic rings. The Hall–Kier alpha value is -4.86. The van der Waals surface area contributed by atoms with Gasteiger partial charge in [-0.1, -0.05) is 42.5 Å². The van der Waals surface area contributed by atoms with Crippen LogP contribution in [0.15, 0.2) is 83.7 Å². The van der Waals surface area contributed by atoms with Gasteiger partial charge in [0.15, 0.2) is 5.75 Å². The number of nitrogens with two attached hydrogens (primary N) is 1. The van der Waals surface area contributed by atoms with E-state index in [4.69, 9.17) is 10.5 Å². The average molecular weight is 491 g/mol. The van der Waals surface area contributed by atoms with Gasteiger partial charge in [0.2, 0.25) is 0 Å². The van der Waals surface area contributed by atoms with Crippen LogP contribution < -0.4 is 21.3 Å². The van der Waals surface area contributed by atoms with Crippen molar-refractivity contribution in [3.05, 3.63) is 106 Å². The number of carbonyl (C=O) groups is 2. The summed E-state index contributed by atoms with van der Waals surface area (Å²) in [6.07, 6.45) is -4.73. The lowest BCUT2D eigenvalue weighted by molar-refractivity contribution is -0.137. The summed E-state index contributed by atoms with van der Waals surface area (Å²) in [5, 5.41) is 2.02. The SMILES string of the molecule is Nc1c2c(cc(=O)n1-c1cc(C(F)(F)F)ccc1Oc1ccc(-c3ccccc3)cc1)C(=O)NC2=O. The summed E-state index contributed by atoms with van der Waals surface area (Å²) in [5.41, 5.74) is 5.05. The molecule has 0 atom stereocenters. The van der Waals surface area contributed by atoms with E-state index >= 15 is 0 Å². The number of amides is 2. The lowest BCUT2D eigenvalue weighted by Gasteiger charge is -2.18. The number of imide groups is 1. The molecule has 36 heavy (non-hydrogen) atoms. The number of hydrogen-bond donors (Lipinski definition) is 2. The fraction of sp³-hybridized carbons (Fsp3) is 0.0385. The molecule has 0 unspecified atom stereocenters. The van der Waals surface area contributed by atoms with Gasteiger partial charge < -0.3 is 10.5 Å². The number of rotatable bonds is 4. The molecule has 1 aromatic heterocycles. The van der Waals surface area contributed by atoms with Crippen molar-refractivity contribution < 1.29 is 27.5 Å². The summed E-state index contributed by atoms with van der Waals surface area (Å²) < 4.78 is 47.1. The lowest BCUT2D eigenvalue weighted by atomic mass is 10.1. The van der Waals surface area contributed by atoms with Crippen LogP contribution in [0.1, 0.15) is 26.3 Å². The number of anilines is 1. The van der Waals surface area contributed by atoms with Gasteiger partial charge >= 0.3 is 6.18 Å². The van der Waals surface area contributed by atoms with Crippen LogP contribution in [0.2, 0.25) is 0 Å². The summed E-state index contributed by atoms with van der Waals surface area (Å²) >= 11 is 0. The van der Waals surface area contributed by atoms with E-state index < -0.39 is 34.9 Å². The number of halogens is 3. The zero-order chi connectivity index (χ0) is 25.6. The second-order valence-corrected chi connectivity index (χ2v) is 7.95. The molecular weight excluding hydrogens is 475 g/mol. The quantitative estimate of drug-likeness (QED) is 0.400. The molecule has 0 spiro atoms. The molecule has 5 rings (SSSR count). The Kier molecular flexibility index (Phi) is 5.36. The molecule has 0 radical (unpaired) electrons. The highest BCUT2D eigenvalue weighted by molar-refractivity contribution is 6.23. The molecule has 180 valence electrons. The number of pyridine rings is 1. The number of nitrogen functional groups attached to an aromatic ring is 1. The number of hydrogen-bond acceptors (Lipinski definition) is 5. The first-order chi connectivity index (χ1) is 17.1. The van der Waals surface area contributed by atoms with Crippen molar-refractivity contribution in [3.63, 3.8) is 0 Å². The van der Waals surface area contributed by atoms with E-state index in [1.807, 2.05) is 35.6 Å². The molecular formula is C26H16F3N3O4. The van der Waals surface area contributed by atoms with Crippen LogP contribution in [0.4, 0.5) is 19.0 Å². The van der Waals surface area contributed by atoms with Crippen molar-refractivity contribution in [1.29, 1.82) is 0 Å². The molecule has 1 aliphatic rings. The van der Waals surface area contributed by atoms with Gasteiger partial charge in [-0.15, -0.1) is 0 Å². The molecule has 10 heteroatoms. The van der Waals surface area contributed by atoms with Crippen LogP contribution in [0.3, 0.4) is 0 Å². The first-order valence-electron chi connectivity index (χ1n) is 10.6. The standard InChI is InChI=1S/C26H16F3N3O4/c27-26(28,29)16-8-11-20(36-17-9-6-15(7-10-17)14-4-2-1-3-5-14)19(12-16)32-21(33)13-18-22(23(32)30)25(35)31-24(18)34/h1-13H,30H2,(H,31,34,35). The smallest absolute Gasteiger partial charge is 0.416 e. The Labute approximate surface area is 201 Å². The van der Waals surface area contributed by atoms with Gasteiger partial charge in [-0.05, 0) is 41.5 Å². The van der Waals surface area contributed by atoms with Gasteiger partial charge in [-0.3, -0.25) is 24.3 Å². The molecule has 3 aromatic carbocycles. The Morgan fingerprint density at radius 3 is 2.14 bits per heavy atom. The maximum atomic E-state index is 13.5. The Balaban J connectivity index is 1.62. The Morgan fingerprint density at radius 1 is 0.806 bits per heavy atom. The van der Waals surface area contributed by atoms with Gasteiger partial charge in [-0.25, -0.2) is 0 Å². The number of aromatic nitrogens is 1. The van der Waals surface area contributed by atoms with Gasteiger partial charge in [0.05, 0.1) is 22.4 Å². The van der Waals surface area contributed by atoms with E-state index in [0.717, 1.165) is 33.9 Å². The number of ether oxygens (including phenoxy) is 1. The molecule has 3 N–H and O–H groups in total. The summed E-state index contributed by atoms with van der Waals surface area (Å²) in [5.74, 6) is -1.98. The lowest BCUT2D eigenvalue weighted by Crippen LogP contribution is -2.25. The van der Waals surface area contributed by atoms with E-state index in [9.17, 15) is 27.6 Å². The first kappa shape index (κ1) is 22.9. The van der Waals surface area contributed by atoms with E-state index in [-0.39, 0.29) is 28.3 Å². The molecule has 7 nitrogen and oxygen atoms in total. The van der Waals surface area contributed by atoms with Crippen molar-refractivity contribution in [2.24, 2.45) is 0 Å². The minimum Gasteiger partial charge on any atom is -0.455 e. The van der Waals surface area contributed by atoms with Gasteiger partial charge in [0.25, 0.3) is 17.4 Å². The molecule has 0 fully saturated rings. The van der Waals surface area contributed by atoms with Crippen LogP contribution in [0.5, 0.6) is 11.5 Å². The highest BCUT2D eigenvalue weighted by Crippen LogP contribution is 2.37. The summed E-state index contributed by atoms with van der Waals surface area (Å²) in [4.78, 5) is 37.0. The topological polar surface area (TPSA) is 103 Å². The Morgan fingerprint density at radius 2 is 1.47 bits per heavy atom. The second-order valence-electron chi connectivity index (χ2n) is 7.95. The number of fused-ring (bicyclic) bond motifs is 1. The summed E-state index contributed by atoms with van der Waals surface area (Å²) in [7, 11) is 0. The van der Waals surface area contributed by atoms with E-state index in [1.54, 1.807) is 24.3 Å².